The van der Waals surface area contributed by atoms with Crippen molar-refractivity contribution in [3.63, 3.8) is 0 Å². The van der Waals surface area contributed by atoms with Gasteiger partial charge in [-0.1, -0.05) is 35.9 Å². The van der Waals surface area contributed by atoms with E-state index in [1.165, 1.54) is 11.1 Å². The van der Waals surface area contributed by atoms with Crippen LogP contribution in [0.3, 0.4) is 0 Å². The van der Waals surface area contributed by atoms with E-state index < -0.39 is 5.60 Å². The minimum Gasteiger partial charge on any atom is -0.444 e. The SMILES string of the molecule is CC(C)(C)OC(=O)NC1(C2=CC/C(=C3\C(Cl)=NC4c5ccccc5Nc5ncccc5N34)CC2)CCC1. The average Bonchev–Trinajstić information content (AvgIpc) is 3.11. The van der Waals surface area contributed by atoms with E-state index >= 15 is 0 Å². The van der Waals surface area contributed by atoms with Crippen molar-refractivity contribution in [3.8, 4) is 0 Å². The Kier molecular flexibility index (Phi) is 5.79. The molecule has 2 aliphatic carbocycles. The van der Waals surface area contributed by atoms with E-state index in [9.17, 15) is 4.79 Å². The zero-order valence-electron chi connectivity index (χ0n) is 21.5. The predicted molar refractivity (Wildman–Crippen MR) is 147 cm³/mol. The first kappa shape index (κ1) is 24.0. The number of aliphatic imine (C=N–C) groups is 1. The van der Waals surface area contributed by atoms with Crippen LogP contribution in [0.15, 0.2) is 70.5 Å². The van der Waals surface area contributed by atoms with Gasteiger partial charge in [0.05, 0.1) is 16.9 Å². The van der Waals surface area contributed by atoms with Gasteiger partial charge >= 0.3 is 6.09 Å². The third-order valence-electron chi connectivity index (χ3n) is 7.64. The smallest absolute Gasteiger partial charge is 0.408 e. The van der Waals surface area contributed by atoms with Crippen molar-refractivity contribution in [1.29, 1.82) is 0 Å². The van der Waals surface area contributed by atoms with Gasteiger partial charge in [0.15, 0.2) is 12.0 Å². The second-order valence-corrected chi connectivity index (χ2v) is 11.6. The molecule has 0 radical (unpaired) electrons. The van der Waals surface area contributed by atoms with Crippen molar-refractivity contribution in [2.75, 3.05) is 10.2 Å². The standard InChI is InChI=1S/C29H32ClN5O2/c1-28(2,3)37-27(36)34-29(15-7-16-29)19-13-11-18(12-14-19)23-24(30)33-26-20-8-4-5-9-21(20)32-25-22(35(23)26)10-6-17-31-25/h4-6,8-10,13,17,26H,7,11-12,14-16H2,1-3H3,(H,31,32)(H,34,36)/b23-18-. The van der Waals surface area contributed by atoms with Gasteiger partial charge in [0.2, 0.25) is 0 Å². The molecule has 6 rings (SSSR count). The molecule has 192 valence electrons. The van der Waals surface area contributed by atoms with Crippen molar-refractivity contribution in [1.82, 2.24) is 10.3 Å². The van der Waals surface area contributed by atoms with Gasteiger partial charge in [0.1, 0.15) is 10.8 Å². The Morgan fingerprint density at radius 2 is 2.00 bits per heavy atom. The summed E-state index contributed by atoms with van der Waals surface area (Å²) in [6.45, 7) is 5.68. The number of allylic oxidation sites excluding steroid dienone is 3. The van der Waals surface area contributed by atoms with Gasteiger partial charge in [-0.2, -0.15) is 0 Å². The Bertz CT molecular complexity index is 1350. The summed E-state index contributed by atoms with van der Waals surface area (Å²) in [5, 5.41) is 7.23. The molecular weight excluding hydrogens is 486 g/mol. The molecule has 2 aromatic rings. The van der Waals surface area contributed by atoms with E-state index in [0.717, 1.165) is 67.0 Å². The van der Waals surface area contributed by atoms with Crippen molar-refractivity contribution < 1.29 is 9.53 Å². The van der Waals surface area contributed by atoms with Crippen LogP contribution in [0.1, 0.15) is 71.0 Å². The van der Waals surface area contributed by atoms with Crippen molar-refractivity contribution in [2.45, 2.75) is 76.6 Å². The number of nitrogens with one attached hydrogen (secondary N) is 2. The van der Waals surface area contributed by atoms with E-state index in [1.54, 1.807) is 6.20 Å². The highest BCUT2D eigenvalue weighted by Gasteiger charge is 2.44. The Labute approximate surface area is 222 Å². The third-order valence-corrected chi connectivity index (χ3v) is 7.92. The summed E-state index contributed by atoms with van der Waals surface area (Å²) in [6, 6.07) is 12.2. The van der Waals surface area contributed by atoms with Gasteiger partial charge in [0, 0.05) is 17.4 Å². The number of halogens is 1. The Morgan fingerprint density at radius 3 is 2.70 bits per heavy atom. The van der Waals surface area contributed by atoms with Gasteiger partial charge in [-0.3, -0.25) is 0 Å². The Balaban J connectivity index is 1.33. The molecule has 2 N–H and O–H groups in total. The number of amides is 1. The van der Waals surface area contributed by atoms with Crippen molar-refractivity contribution in [2.24, 2.45) is 4.99 Å². The highest BCUT2D eigenvalue weighted by molar-refractivity contribution is 6.70. The number of nitrogens with zero attached hydrogens (tertiary/aromatic N) is 3. The maximum Gasteiger partial charge on any atom is 0.408 e. The lowest BCUT2D eigenvalue weighted by molar-refractivity contribution is 0.0418. The number of hydrogen-bond acceptors (Lipinski definition) is 6. The van der Waals surface area contributed by atoms with Crippen LogP contribution < -0.4 is 15.5 Å². The number of alkyl carbamates (subject to hydrolysis) is 1. The lowest BCUT2D eigenvalue weighted by Crippen LogP contribution is -2.56. The second kappa shape index (κ2) is 8.91. The zero-order valence-corrected chi connectivity index (χ0v) is 22.2. The summed E-state index contributed by atoms with van der Waals surface area (Å²) in [7, 11) is 0. The topological polar surface area (TPSA) is 78.8 Å². The molecule has 4 aliphatic rings. The lowest BCUT2D eigenvalue weighted by atomic mass is 9.68. The number of carbonyl (C=O) groups excluding carboxylic acids is 1. The molecule has 0 spiro atoms. The van der Waals surface area contributed by atoms with Crippen LogP contribution in [0.2, 0.25) is 0 Å². The minimum absolute atomic E-state index is 0.249. The molecule has 8 heteroatoms. The number of rotatable bonds is 2. The molecule has 1 saturated carbocycles. The maximum absolute atomic E-state index is 12.6. The van der Waals surface area contributed by atoms with Crippen LogP contribution in [-0.4, -0.2) is 27.4 Å². The second-order valence-electron chi connectivity index (χ2n) is 11.2. The average molecular weight is 518 g/mol. The molecule has 1 aromatic heterocycles. The number of benzene rings is 1. The molecule has 1 aromatic carbocycles. The summed E-state index contributed by atoms with van der Waals surface area (Å²) in [6.07, 6.45) is 8.98. The molecule has 2 aliphatic heterocycles. The molecule has 37 heavy (non-hydrogen) atoms. The fourth-order valence-corrected chi connectivity index (χ4v) is 6.13. The Morgan fingerprint density at radius 1 is 1.19 bits per heavy atom. The number of carbonyl (C=O) groups is 1. The molecule has 1 fully saturated rings. The Hall–Kier alpha value is -3.32. The van der Waals surface area contributed by atoms with Crippen LogP contribution in [0.25, 0.3) is 0 Å². The molecule has 7 nitrogen and oxygen atoms in total. The van der Waals surface area contributed by atoms with Gasteiger partial charge in [-0.05, 0) is 88.6 Å². The van der Waals surface area contributed by atoms with Crippen LogP contribution in [0.4, 0.5) is 22.0 Å². The summed E-state index contributed by atoms with van der Waals surface area (Å²) in [5.41, 5.74) is 5.71. The van der Waals surface area contributed by atoms with E-state index in [4.69, 9.17) is 21.3 Å². The van der Waals surface area contributed by atoms with Crippen molar-refractivity contribution in [3.05, 3.63) is 71.1 Å². The highest BCUT2D eigenvalue weighted by atomic mass is 35.5. The number of pyridine rings is 1. The first-order chi connectivity index (χ1) is 17.7. The van der Waals surface area contributed by atoms with Gasteiger partial charge in [-0.15, -0.1) is 0 Å². The highest BCUT2D eigenvalue weighted by Crippen LogP contribution is 2.49. The largest absolute Gasteiger partial charge is 0.444 e. The van der Waals surface area contributed by atoms with Gasteiger partial charge in [-0.25, -0.2) is 14.8 Å². The number of aromatic nitrogens is 1. The third kappa shape index (κ3) is 4.29. The normalized spacial score (nSPS) is 23.8. The summed E-state index contributed by atoms with van der Waals surface area (Å²) in [5.74, 6) is 0.791. The number of fused-ring (bicyclic) bond motifs is 5. The van der Waals surface area contributed by atoms with Crippen LogP contribution in [0, 0.1) is 0 Å². The molecule has 1 amide bonds. The lowest BCUT2D eigenvalue weighted by Gasteiger charge is -2.46. The number of para-hydroxylation sites is 1. The summed E-state index contributed by atoms with van der Waals surface area (Å²) >= 11 is 6.88. The quantitative estimate of drug-likeness (QED) is 0.415. The molecule has 0 bridgehead atoms. The van der Waals surface area contributed by atoms with Crippen LogP contribution >= 0.6 is 11.6 Å². The van der Waals surface area contributed by atoms with E-state index in [1.807, 2.05) is 39.0 Å². The van der Waals surface area contributed by atoms with Crippen LogP contribution in [0.5, 0.6) is 0 Å². The first-order valence-corrected chi connectivity index (χ1v) is 13.4. The molecule has 1 unspecified atom stereocenters. The monoisotopic (exact) mass is 517 g/mol. The predicted octanol–water partition coefficient (Wildman–Crippen LogP) is 7.11. The van der Waals surface area contributed by atoms with E-state index in [-0.39, 0.29) is 17.8 Å². The van der Waals surface area contributed by atoms with Crippen LogP contribution in [-0.2, 0) is 4.74 Å². The molecule has 3 heterocycles. The van der Waals surface area contributed by atoms with E-state index in [0.29, 0.717) is 5.17 Å². The number of ether oxygens (including phenoxy) is 1. The summed E-state index contributed by atoms with van der Waals surface area (Å²) in [4.78, 5) is 24.4. The number of hydrogen-bond donors (Lipinski definition) is 2. The maximum atomic E-state index is 12.6. The fourth-order valence-electron chi connectivity index (χ4n) is 5.82. The number of anilines is 3. The van der Waals surface area contributed by atoms with Gasteiger partial charge in [0.25, 0.3) is 0 Å². The molecule has 0 saturated heterocycles. The minimum atomic E-state index is -0.519. The summed E-state index contributed by atoms with van der Waals surface area (Å²) < 4.78 is 5.57. The molecular formula is C29H32ClN5O2. The van der Waals surface area contributed by atoms with Gasteiger partial charge < -0.3 is 20.3 Å². The first-order valence-electron chi connectivity index (χ1n) is 13.0. The fraction of sp³-hybridized carbons (Fsp3) is 0.414. The van der Waals surface area contributed by atoms with E-state index in [2.05, 4.69) is 44.8 Å². The molecule has 1 atom stereocenters. The zero-order chi connectivity index (χ0) is 25.8. The van der Waals surface area contributed by atoms with Crippen molar-refractivity contribution >= 4 is 40.1 Å².